The summed E-state index contributed by atoms with van der Waals surface area (Å²) in [7, 11) is 3.64. The Morgan fingerprint density at radius 3 is 2.58 bits per heavy atom. The van der Waals surface area contributed by atoms with E-state index < -0.39 is 0 Å². The third kappa shape index (κ3) is 3.38. The Hall–Kier alpha value is -0.840. The summed E-state index contributed by atoms with van der Waals surface area (Å²) in [6.45, 7) is 0. The van der Waals surface area contributed by atoms with Crippen LogP contribution in [0, 0.1) is 0 Å². The van der Waals surface area contributed by atoms with Crippen LogP contribution in [0.1, 0.15) is 17.2 Å². The minimum atomic E-state index is 0.113. The monoisotopic (exact) mass is 383 g/mol. The van der Waals surface area contributed by atoms with E-state index in [2.05, 4.69) is 55.4 Å². The molecular formula is C15H15Br2NO. The van der Waals surface area contributed by atoms with E-state index in [1.54, 1.807) is 7.11 Å². The predicted octanol–water partition coefficient (Wildman–Crippen LogP) is 4.53. The topological polar surface area (TPSA) is 21.3 Å². The van der Waals surface area contributed by atoms with E-state index in [-0.39, 0.29) is 6.04 Å². The van der Waals surface area contributed by atoms with Crippen molar-refractivity contribution in [3.8, 4) is 5.75 Å². The first-order valence-corrected chi connectivity index (χ1v) is 7.50. The molecule has 2 aromatic rings. The molecule has 1 unspecified atom stereocenters. The zero-order valence-electron chi connectivity index (χ0n) is 10.8. The van der Waals surface area contributed by atoms with E-state index in [0.717, 1.165) is 14.7 Å². The summed E-state index contributed by atoms with van der Waals surface area (Å²) in [5.41, 5.74) is 2.35. The first-order valence-electron chi connectivity index (χ1n) is 5.92. The SMILES string of the molecule is CNC(c1cccc(OC)c1)c1cc(Br)ccc1Br. The maximum atomic E-state index is 5.29. The molecule has 0 aliphatic heterocycles. The normalized spacial score (nSPS) is 12.2. The van der Waals surface area contributed by atoms with Crippen LogP contribution in [-0.4, -0.2) is 14.2 Å². The van der Waals surface area contributed by atoms with E-state index in [1.807, 2.05) is 31.3 Å². The maximum Gasteiger partial charge on any atom is 0.119 e. The third-order valence-corrected chi connectivity index (χ3v) is 4.20. The number of benzene rings is 2. The van der Waals surface area contributed by atoms with E-state index in [0.29, 0.717) is 0 Å². The smallest absolute Gasteiger partial charge is 0.119 e. The van der Waals surface area contributed by atoms with Crippen molar-refractivity contribution in [3.63, 3.8) is 0 Å². The molecule has 0 saturated carbocycles. The zero-order chi connectivity index (χ0) is 13.8. The molecule has 2 aromatic carbocycles. The molecule has 19 heavy (non-hydrogen) atoms. The highest BCUT2D eigenvalue weighted by Crippen LogP contribution is 2.32. The van der Waals surface area contributed by atoms with E-state index >= 15 is 0 Å². The molecule has 2 nitrogen and oxygen atoms in total. The maximum absolute atomic E-state index is 5.29. The Morgan fingerprint density at radius 1 is 1.11 bits per heavy atom. The fraction of sp³-hybridized carbons (Fsp3) is 0.200. The largest absolute Gasteiger partial charge is 0.497 e. The first-order chi connectivity index (χ1) is 9.15. The highest BCUT2D eigenvalue weighted by Gasteiger charge is 2.15. The minimum absolute atomic E-state index is 0.113. The molecule has 0 aliphatic rings. The van der Waals surface area contributed by atoms with Crippen LogP contribution in [0.15, 0.2) is 51.4 Å². The van der Waals surface area contributed by atoms with Crippen LogP contribution < -0.4 is 10.1 Å². The van der Waals surface area contributed by atoms with E-state index in [9.17, 15) is 0 Å². The lowest BCUT2D eigenvalue weighted by atomic mass is 9.99. The van der Waals surface area contributed by atoms with Crippen molar-refractivity contribution in [3.05, 3.63) is 62.5 Å². The Balaban J connectivity index is 2.46. The molecule has 1 atom stereocenters. The summed E-state index contributed by atoms with van der Waals surface area (Å²) in [5.74, 6) is 0.865. The Kier molecular flexibility index (Phi) is 5.02. The van der Waals surface area contributed by atoms with Gasteiger partial charge in [0.2, 0.25) is 0 Å². The second-order valence-corrected chi connectivity index (χ2v) is 5.93. The summed E-state index contributed by atoms with van der Waals surface area (Å²) in [4.78, 5) is 0. The minimum Gasteiger partial charge on any atom is -0.497 e. The van der Waals surface area contributed by atoms with Gasteiger partial charge in [0, 0.05) is 8.95 Å². The molecular weight excluding hydrogens is 370 g/mol. The van der Waals surface area contributed by atoms with Gasteiger partial charge >= 0.3 is 0 Å². The standard InChI is InChI=1S/C15H15Br2NO/c1-18-15(10-4-3-5-12(8-10)19-2)13-9-11(16)6-7-14(13)17/h3-9,15,18H,1-2H3. The van der Waals surface area contributed by atoms with Crippen LogP contribution >= 0.6 is 31.9 Å². The van der Waals surface area contributed by atoms with Gasteiger partial charge in [-0.2, -0.15) is 0 Å². The van der Waals surface area contributed by atoms with Gasteiger partial charge in [0.25, 0.3) is 0 Å². The second-order valence-electron chi connectivity index (χ2n) is 4.16. The number of hydrogen-bond donors (Lipinski definition) is 1. The summed E-state index contributed by atoms with van der Waals surface area (Å²) in [6.07, 6.45) is 0. The molecule has 0 saturated heterocycles. The van der Waals surface area contributed by atoms with Crippen LogP contribution in [0.4, 0.5) is 0 Å². The van der Waals surface area contributed by atoms with Crippen LogP contribution in [0.3, 0.4) is 0 Å². The third-order valence-electron chi connectivity index (χ3n) is 2.98. The molecule has 0 aromatic heterocycles. The molecule has 2 rings (SSSR count). The highest BCUT2D eigenvalue weighted by molar-refractivity contribution is 9.11. The Labute approximate surface area is 130 Å². The van der Waals surface area contributed by atoms with Gasteiger partial charge in [-0.05, 0) is 48.5 Å². The van der Waals surface area contributed by atoms with Crippen molar-refractivity contribution >= 4 is 31.9 Å². The lowest BCUT2D eigenvalue weighted by Crippen LogP contribution is -2.18. The Morgan fingerprint density at radius 2 is 1.89 bits per heavy atom. The van der Waals surface area contributed by atoms with Gasteiger partial charge in [0.1, 0.15) is 5.75 Å². The fourth-order valence-electron chi connectivity index (χ4n) is 2.06. The van der Waals surface area contributed by atoms with Crippen molar-refractivity contribution in [2.24, 2.45) is 0 Å². The molecule has 0 heterocycles. The highest BCUT2D eigenvalue weighted by atomic mass is 79.9. The van der Waals surface area contributed by atoms with Crippen LogP contribution in [0.2, 0.25) is 0 Å². The average molecular weight is 385 g/mol. The molecule has 1 N–H and O–H groups in total. The van der Waals surface area contributed by atoms with Gasteiger partial charge in [-0.15, -0.1) is 0 Å². The first kappa shape index (κ1) is 14.6. The van der Waals surface area contributed by atoms with Gasteiger partial charge < -0.3 is 10.1 Å². The molecule has 0 fully saturated rings. The van der Waals surface area contributed by atoms with Crippen molar-refractivity contribution in [2.75, 3.05) is 14.2 Å². The van der Waals surface area contributed by atoms with Gasteiger partial charge in [0.05, 0.1) is 13.2 Å². The number of hydrogen-bond acceptors (Lipinski definition) is 2. The zero-order valence-corrected chi connectivity index (χ0v) is 14.0. The van der Waals surface area contributed by atoms with Gasteiger partial charge in [-0.1, -0.05) is 44.0 Å². The number of ether oxygens (including phenoxy) is 1. The summed E-state index contributed by atoms with van der Waals surface area (Å²) < 4.78 is 7.44. The molecule has 0 amide bonds. The molecule has 100 valence electrons. The summed E-state index contributed by atoms with van der Waals surface area (Å²) in [6, 6.07) is 14.4. The van der Waals surface area contributed by atoms with Crippen molar-refractivity contribution in [2.45, 2.75) is 6.04 Å². The second kappa shape index (κ2) is 6.55. The van der Waals surface area contributed by atoms with Crippen molar-refractivity contribution < 1.29 is 4.74 Å². The van der Waals surface area contributed by atoms with Gasteiger partial charge in [0.15, 0.2) is 0 Å². The Bertz CT molecular complexity index is 572. The van der Waals surface area contributed by atoms with E-state index in [4.69, 9.17) is 4.74 Å². The van der Waals surface area contributed by atoms with Crippen molar-refractivity contribution in [1.29, 1.82) is 0 Å². The summed E-state index contributed by atoms with van der Waals surface area (Å²) in [5, 5.41) is 3.35. The van der Waals surface area contributed by atoms with Crippen molar-refractivity contribution in [1.82, 2.24) is 5.32 Å². The van der Waals surface area contributed by atoms with Crippen LogP contribution in [0.5, 0.6) is 5.75 Å². The predicted molar refractivity (Wildman–Crippen MR) is 85.7 cm³/mol. The molecule has 0 aliphatic carbocycles. The number of rotatable bonds is 4. The fourth-order valence-corrected chi connectivity index (χ4v) is 2.91. The van der Waals surface area contributed by atoms with Crippen LogP contribution in [-0.2, 0) is 0 Å². The molecule has 0 bridgehead atoms. The van der Waals surface area contributed by atoms with Crippen LogP contribution in [0.25, 0.3) is 0 Å². The summed E-state index contributed by atoms with van der Waals surface area (Å²) >= 11 is 7.13. The molecule has 0 radical (unpaired) electrons. The molecule has 4 heteroatoms. The van der Waals surface area contributed by atoms with E-state index in [1.165, 1.54) is 11.1 Å². The number of methoxy groups -OCH3 is 1. The van der Waals surface area contributed by atoms with Gasteiger partial charge in [-0.25, -0.2) is 0 Å². The van der Waals surface area contributed by atoms with Gasteiger partial charge in [-0.3, -0.25) is 0 Å². The average Bonchev–Trinajstić information content (AvgIpc) is 2.44. The number of halogens is 2. The number of nitrogens with one attached hydrogen (secondary N) is 1. The quantitative estimate of drug-likeness (QED) is 0.836. The lowest BCUT2D eigenvalue weighted by molar-refractivity contribution is 0.414. The lowest BCUT2D eigenvalue weighted by Gasteiger charge is -2.19. The molecule has 0 spiro atoms.